The van der Waals surface area contributed by atoms with Crippen molar-refractivity contribution >= 4 is 16.7 Å². The third kappa shape index (κ3) is 3.05. The van der Waals surface area contributed by atoms with Crippen LogP contribution in [0.1, 0.15) is 26.1 Å². The van der Waals surface area contributed by atoms with Crippen LogP contribution in [0.15, 0.2) is 0 Å². The van der Waals surface area contributed by atoms with Crippen LogP contribution in [0, 0.1) is 0 Å². The van der Waals surface area contributed by atoms with Crippen LogP contribution in [0.25, 0.3) is 0 Å². The highest BCUT2D eigenvalue weighted by molar-refractivity contribution is 7.09. The van der Waals surface area contributed by atoms with Crippen molar-refractivity contribution < 1.29 is 18.3 Å². The molecule has 0 spiro atoms. The van der Waals surface area contributed by atoms with Crippen LogP contribution in [-0.4, -0.2) is 26.6 Å². The van der Waals surface area contributed by atoms with Crippen molar-refractivity contribution in [2.24, 2.45) is 0 Å². The van der Waals surface area contributed by atoms with Crippen LogP contribution in [0.3, 0.4) is 0 Å². The Hall–Kier alpha value is -0.890. The van der Waals surface area contributed by atoms with Gasteiger partial charge in [-0.3, -0.25) is 0 Å². The van der Waals surface area contributed by atoms with Crippen molar-refractivity contribution in [1.82, 2.24) is 9.36 Å². The summed E-state index contributed by atoms with van der Waals surface area (Å²) in [5.74, 6) is -1.16. The zero-order chi connectivity index (χ0) is 12.4. The second-order valence-corrected chi connectivity index (χ2v) is 4.37. The Bertz CT molecular complexity index is 349. The molecule has 1 aromatic rings. The maximum atomic E-state index is 12.2. The SMILES string of the molecule is CCC(C)(CO)Nc1nc(C(F)(F)F)ns1. The van der Waals surface area contributed by atoms with Gasteiger partial charge in [0.2, 0.25) is 11.0 Å². The number of hydrogen-bond acceptors (Lipinski definition) is 5. The van der Waals surface area contributed by atoms with E-state index in [4.69, 9.17) is 5.11 Å². The molecule has 0 aromatic carbocycles. The van der Waals surface area contributed by atoms with E-state index in [0.717, 1.165) is 0 Å². The van der Waals surface area contributed by atoms with E-state index in [1.165, 1.54) is 0 Å². The lowest BCUT2D eigenvalue weighted by Gasteiger charge is -2.26. The van der Waals surface area contributed by atoms with Crippen molar-refractivity contribution in [2.75, 3.05) is 11.9 Å². The van der Waals surface area contributed by atoms with Gasteiger partial charge in [-0.1, -0.05) is 6.92 Å². The summed E-state index contributed by atoms with van der Waals surface area (Å²) in [7, 11) is 0. The van der Waals surface area contributed by atoms with Crippen LogP contribution in [0.4, 0.5) is 18.3 Å². The highest BCUT2D eigenvalue weighted by atomic mass is 32.1. The Labute approximate surface area is 94.7 Å². The molecular weight excluding hydrogens is 243 g/mol. The standard InChI is InChI=1S/C8H12F3N3OS/c1-3-7(2,4-15)13-6-12-5(14-16-6)8(9,10)11/h15H,3-4H2,1-2H3,(H,12,13,14). The number of nitrogens with one attached hydrogen (secondary N) is 1. The summed E-state index contributed by atoms with van der Waals surface area (Å²) in [5.41, 5.74) is -0.678. The molecule has 8 heteroatoms. The second-order valence-electron chi connectivity index (χ2n) is 3.62. The zero-order valence-electron chi connectivity index (χ0n) is 8.80. The molecule has 92 valence electrons. The molecule has 1 unspecified atom stereocenters. The van der Waals surface area contributed by atoms with Crippen molar-refractivity contribution in [3.05, 3.63) is 5.82 Å². The number of aliphatic hydroxyl groups excluding tert-OH is 1. The molecule has 1 aromatic heterocycles. The molecule has 0 saturated heterocycles. The molecule has 16 heavy (non-hydrogen) atoms. The number of hydrogen-bond donors (Lipinski definition) is 2. The fourth-order valence-electron chi connectivity index (χ4n) is 0.887. The fourth-order valence-corrected chi connectivity index (χ4v) is 1.62. The quantitative estimate of drug-likeness (QED) is 0.865. The number of halogens is 3. The first kappa shape index (κ1) is 13.2. The van der Waals surface area contributed by atoms with Gasteiger partial charge in [0.25, 0.3) is 0 Å². The van der Waals surface area contributed by atoms with Gasteiger partial charge in [-0.15, -0.1) is 0 Å². The van der Waals surface area contributed by atoms with Crippen LogP contribution >= 0.6 is 11.5 Å². The van der Waals surface area contributed by atoms with E-state index in [2.05, 4.69) is 14.7 Å². The van der Waals surface area contributed by atoms with Crippen LogP contribution < -0.4 is 5.32 Å². The lowest BCUT2D eigenvalue weighted by atomic mass is 10.0. The third-order valence-electron chi connectivity index (χ3n) is 2.22. The minimum Gasteiger partial charge on any atom is -0.394 e. The fraction of sp³-hybridized carbons (Fsp3) is 0.750. The zero-order valence-corrected chi connectivity index (χ0v) is 9.61. The van der Waals surface area contributed by atoms with Crippen molar-refractivity contribution in [3.63, 3.8) is 0 Å². The van der Waals surface area contributed by atoms with Gasteiger partial charge < -0.3 is 10.4 Å². The lowest BCUT2D eigenvalue weighted by Crippen LogP contribution is -2.37. The second kappa shape index (κ2) is 4.54. The van der Waals surface area contributed by atoms with E-state index >= 15 is 0 Å². The van der Waals surface area contributed by atoms with Crippen LogP contribution in [0.5, 0.6) is 0 Å². The molecule has 0 saturated carbocycles. The first-order chi connectivity index (χ1) is 7.30. The van der Waals surface area contributed by atoms with Crippen molar-refractivity contribution in [1.29, 1.82) is 0 Å². The number of aliphatic hydroxyl groups is 1. The third-order valence-corrected chi connectivity index (χ3v) is 2.85. The summed E-state index contributed by atoms with van der Waals surface area (Å²) < 4.78 is 39.8. The number of alkyl halides is 3. The van der Waals surface area contributed by atoms with E-state index in [0.29, 0.717) is 18.0 Å². The largest absolute Gasteiger partial charge is 0.452 e. The van der Waals surface area contributed by atoms with Gasteiger partial charge in [-0.2, -0.15) is 22.5 Å². The van der Waals surface area contributed by atoms with E-state index < -0.39 is 17.5 Å². The predicted molar refractivity (Wildman–Crippen MR) is 54.3 cm³/mol. The average molecular weight is 255 g/mol. The Morgan fingerprint density at radius 1 is 1.44 bits per heavy atom. The molecular formula is C8H12F3N3OS. The minimum absolute atomic E-state index is 0.0609. The van der Waals surface area contributed by atoms with E-state index in [1.807, 2.05) is 6.92 Å². The molecule has 1 atom stereocenters. The Morgan fingerprint density at radius 2 is 2.06 bits per heavy atom. The molecule has 0 fully saturated rings. The molecule has 0 bridgehead atoms. The molecule has 0 aliphatic heterocycles. The van der Waals surface area contributed by atoms with E-state index in [-0.39, 0.29) is 11.7 Å². The molecule has 0 amide bonds. The maximum absolute atomic E-state index is 12.2. The van der Waals surface area contributed by atoms with E-state index in [9.17, 15) is 13.2 Å². The minimum atomic E-state index is -4.53. The normalized spacial score (nSPS) is 15.9. The Kier molecular flexibility index (Phi) is 3.74. The first-order valence-electron chi connectivity index (χ1n) is 4.60. The van der Waals surface area contributed by atoms with Crippen LogP contribution in [-0.2, 0) is 6.18 Å². The topological polar surface area (TPSA) is 58.0 Å². The average Bonchev–Trinajstić information content (AvgIpc) is 2.65. The molecule has 2 N–H and O–H groups in total. The number of aromatic nitrogens is 2. The molecule has 0 radical (unpaired) electrons. The lowest BCUT2D eigenvalue weighted by molar-refractivity contribution is -0.144. The van der Waals surface area contributed by atoms with Gasteiger partial charge in [0.05, 0.1) is 12.1 Å². The van der Waals surface area contributed by atoms with Gasteiger partial charge in [-0.25, -0.2) is 0 Å². The summed E-state index contributed by atoms with van der Waals surface area (Å²) in [4.78, 5) is 3.32. The predicted octanol–water partition coefficient (Wildman–Crippen LogP) is 2.13. The summed E-state index contributed by atoms with van der Waals surface area (Å²) >= 11 is 0.631. The Balaban J connectivity index is 2.80. The Morgan fingerprint density at radius 3 is 2.44 bits per heavy atom. The molecule has 4 nitrogen and oxygen atoms in total. The van der Waals surface area contributed by atoms with Gasteiger partial charge >= 0.3 is 6.18 Å². The monoisotopic (exact) mass is 255 g/mol. The number of nitrogens with zero attached hydrogens (tertiary/aromatic N) is 2. The molecule has 0 aliphatic carbocycles. The highest BCUT2D eigenvalue weighted by Crippen LogP contribution is 2.30. The summed E-state index contributed by atoms with van der Waals surface area (Å²) in [6.07, 6.45) is -3.97. The number of rotatable bonds is 4. The number of anilines is 1. The van der Waals surface area contributed by atoms with Gasteiger partial charge in [0, 0.05) is 11.5 Å². The van der Waals surface area contributed by atoms with Crippen LogP contribution in [0.2, 0.25) is 0 Å². The van der Waals surface area contributed by atoms with Gasteiger partial charge in [0.1, 0.15) is 0 Å². The summed E-state index contributed by atoms with van der Waals surface area (Å²) in [5, 5.41) is 11.9. The highest BCUT2D eigenvalue weighted by Gasteiger charge is 2.36. The molecule has 1 rings (SSSR count). The van der Waals surface area contributed by atoms with Gasteiger partial charge in [0.15, 0.2) is 0 Å². The van der Waals surface area contributed by atoms with Crippen molar-refractivity contribution in [2.45, 2.75) is 32.0 Å². The maximum Gasteiger partial charge on any atom is 0.452 e. The van der Waals surface area contributed by atoms with Crippen molar-refractivity contribution in [3.8, 4) is 0 Å². The summed E-state index contributed by atoms with van der Waals surface area (Å²) in [6.45, 7) is 3.32. The molecule has 1 heterocycles. The van der Waals surface area contributed by atoms with E-state index in [1.54, 1.807) is 6.92 Å². The first-order valence-corrected chi connectivity index (χ1v) is 5.38. The smallest absolute Gasteiger partial charge is 0.394 e. The summed E-state index contributed by atoms with van der Waals surface area (Å²) in [6, 6.07) is 0. The molecule has 0 aliphatic rings. The van der Waals surface area contributed by atoms with Gasteiger partial charge in [-0.05, 0) is 13.3 Å².